The van der Waals surface area contributed by atoms with Gasteiger partial charge in [0.1, 0.15) is 11.6 Å². The Kier molecular flexibility index (Phi) is 5.59. The van der Waals surface area contributed by atoms with E-state index < -0.39 is 5.92 Å². The van der Waals surface area contributed by atoms with Gasteiger partial charge in [-0.15, -0.1) is 0 Å². The number of hydrogen-bond acceptors (Lipinski definition) is 4. The van der Waals surface area contributed by atoms with Crippen molar-refractivity contribution in [2.45, 2.75) is 32.6 Å². The van der Waals surface area contributed by atoms with E-state index in [1.54, 1.807) is 41.1 Å². The smallest absolute Gasteiger partial charge is 0.226 e. The summed E-state index contributed by atoms with van der Waals surface area (Å²) < 4.78 is 7.22. The standard InChI is InChI=1S/C23H22ClN3O3/c1-3-11-30-18-9-7-15(8-10-18)22(29)19-13-20(28)25-23-21(19)14(2)26-27(23)17-6-4-5-16(24)12-17/h4-10,12,19H,3,11,13H2,1-2H3,(H,25,28). The summed E-state index contributed by atoms with van der Waals surface area (Å²) in [4.78, 5) is 25.8. The van der Waals surface area contributed by atoms with Gasteiger partial charge in [-0.2, -0.15) is 5.10 Å². The number of carbonyl (C=O) groups excluding carboxylic acids is 2. The Labute approximate surface area is 179 Å². The first-order valence-corrected chi connectivity index (χ1v) is 10.3. The van der Waals surface area contributed by atoms with Crippen molar-refractivity contribution in [1.82, 2.24) is 9.78 Å². The Balaban J connectivity index is 1.70. The van der Waals surface area contributed by atoms with Crippen LogP contribution >= 0.6 is 11.6 Å². The van der Waals surface area contributed by atoms with Gasteiger partial charge in [-0.05, 0) is 55.8 Å². The second-order valence-electron chi connectivity index (χ2n) is 7.28. The largest absolute Gasteiger partial charge is 0.494 e. The number of nitrogens with one attached hydrogen (secondary N) is 1. The van der Waals surface area contributed by atoms with Crippen LogP contribution in [0.5, 0.6) is 5.75 Å². The average molecular weight is 424 g/mol. The molecule has 0 radical (unpaired) electrons. The number of anilines is 1. The van der Waals surface area contributed by atoms with E-state index >= 15 is 0 Å². The molecule has 154 valence electrons. The zero-order chi connectivity index (χ0) is 21.3. The monoisotopic (exact) mass is 423 g/mol. The number of amides is 1. The minimum absolute atomic E-state index is 0.0853. The number of benzene rings is 2. The summed E-state index contributed by atoms with van der Waals surface area (Å²) in [6.45, 7) is 4.51. The highest BCUT2D eigenvalue weighted by Gasteiger charge is 2.36. The number of halogens is 1. The van der Waals surface area contributed by atoms with E-state index in [4.69, 9.17) is 16.3 Å². The molecule has 0 spiro atoms. The van der Waals surface area contributed by atoms with Gasteiger partial charge in [0.2, 0.25) is 5.91 Å². The lowest BCUT2D eigenvalue weighted by Gasteiger charge is -2.23. The van der Waals surface area contributed by atoms with E-state index in [-0.39, 0.29) is 18.1 Å². The van der Waals surface area contributed by atoms with Crippen molar-refractivity contribution in [2.24, 2.45) is 0 Å². The lowest BCUT2D eigenvalue weighted by atomic mass is 9.85. The maximum atomic E-state index is 13.3. The van der Waals surface area contributed by atoms with Crippen molar-refractivity contribution in [1.29, 1.82) is 0 Å². The lowest BCUT2D eigenvalue weighted by molar-refractivity contribution is -0.116. The number of aromatic nitrogens is 2. The molecule has 0 saturated carbocycles. The summed E-state index contributed by atoms with van der Waals surface area (Å²) >= 11 is 6.12. The summed E-state index contributed by atoms with van der Waals surface area (Å²) in [7, 11) is 0. The maximum Gasteiger partial charge on any atom is 0.226 e. The fourth-order valence-corrected chi connectivity index (χ4v) is 3.89. The Hall–Kier alpha value is -3.12. The van der Waals surface area contributed by atoms with Gasteiger partial charge >= 0.3 is 0 Å². The van der Waals surface area contributed by atoms with Crippen molar-refractivity contribution >= 4 is 29.1 Å². The molecule has 1 amide bonds. The number of fused-ring (bicyclic) bond motifs is 1. The number of Topliss-reactive ketones (excluding diaryl/α,β-unsaturated/α-hetero) is 1. The molecule has 7 heteroatoms. The first-order chi connectivity index (χ1) is 14.5. The molecule has 4 rings (SSSR count). The fourth-order valence-electron chi connectivity index (χ4n) is 3.70. The number of carbonyl (C=O) groups is 2. The maximum absolute atomic E-state index is 13.3. The number of nitrogens with zero attached hydrogens (tertiary/aromatic N) is 2. The topological polar surface area (TPSA) is 73.2 Å². The Morgan fingerprint density at radius 2 is 2.03 bits per heavy atom. The van der Waals surface area contributed by atoms with Crippen LogP contribution in [0.1, 0.15) is 47.3 Å². The van der Waals surface area contributed by atoms with Gasteiger partial charge in [0.05, 0.1) is 23.9 Å². The molecule has 2 heterocycles. The van der Waals surface area contributed by atoms with Crippen LogP contribution in [0.25, 0.3) is 5.69 Å². The first kappa shape index (κ1) is 20.2. The number of ketones is 1. The van der Waals surface area contributed by atoms with Crippen molar-refractivity contribution in [3.8, 4) is 11.4 Å². The van der Waals surface area contributed by atoms with Crippen LogP contribution in [0.3, 0.4) is 0 Å². The highest BCUT2D eigenvalue weighted by molar-refractivity contribution is 6.30. The Morgan fingerprint density at radius 1 is 1.27 bits per heavy atom. The van der Waals surface area contributed by atoms with Gasteiger partial charge in [-0.1, -0.05) is 24.6 Å². The number of ether oxygens (including phenoxy) is 1. The molecule has 0 saturated heterocycles. The van der Waals surface area contributed by atoms with E-state index in [0.29, 0.717) is 28.7 Å². The summed E-state index contributed by atoms with van der Waals surface area (Å²) in [5, 5.41) is 8.03. The molecule has 1 aromatic heterocycles. The summed E-state index contributed by atoms with van der Waals surface area (Å²) in [6.07, 6.45) is 0.999. The Morgan fingerprint density at radius 3 is 2.73 bits per heavy atom. The van der Waals surface area contributed by atoms with Crippen LogP contribution in [0.2, 0.25) is 5.02 Å². The molecule has 0 aliphatic carbocycles. The van der Waals surface area contributed by atoms with Crippen LogP contribution in [0.15, 0.2) is 48.5 Å². The van der Waals surface area contributed by atoms with E-state index in [1.807, 2.05) is 26.0 Å². The zero-order valence-corrected chi connectivity index (χ0v) is 17.6. The van der Waals surface area contributed by atoms with Gasteiger partial charge in [0.25, 0.3) is 0 Å². The van der Waals surface area contributed by atoms with Gasteiger partial charge < -0.3 is 10.1 Å². The van der Waals surface area contributed by atoms with Crippen LogP contribution < -0.4 is 10.1 Å². The molecule has 1 atom stereocenters. The van der Waals surface area contributed by atoms with E-state index in [2.05, 4.69) is 10.4 Å². The van der Waals surface area contributed by atoms with E-state index in [9.17, 15) is 9.59 Å². The normalized spacial score (nSPS) is 15.4. The van der Waals surface area contributed by atoms with Crippen molar-refractivity contribution in [3.05, 3.63) is 70.4 Å². The molecular formula is C23H22ClN3O3. The fraction of sp³-hybridized carbons (Fsp3) is 0.261. The summed E-state index contributed by atoms with van der Waals surface area (Å²) in [5.74, 6) is 0.325. The molecule has 0 fully saturated rings. The van der Waals surface area contributed by atoms with Crippen LogP contribution in [0, 0.1) is 6.92 Å². The van der Waals surface area contributed by atoms with Crippen molar-refractivity contribution in [3.63, 3.8) is 0 Å². The van der Waals surface area contributed by atoms with Crippen LogP contribution in [-0.2, 0) is 4.79 Å². The predicted octanol–water partition coefficient (Wildman–Crippen LogP) is 4.93. The van der Waals surface area contributed by atoms with Crippen molar-refractivity contribution in [2.75, 3.05) is 11.9 Å². The second kappa shape index (κ2) is 8.32. The summed E-state index contributed by atoms with van der Waals surface area (Å²) in [5.41, 5.74) is 2.70. The molecule has 1 aliphatic rings. The SMILES string of the molecule is CCCOc1ccc(C(=O)C2CC(=O)Nc3c2c(C)nn3-c2cccc(Cl)c2)cc1. The third kappa shape index (κ3) is 3.83. The molecule has 30 heavy (non-hydrogen) atoms. The second-order valence-corrected chi connectivity index (χ2v) is 7.72. The highest BCUT2D eigenvalue weighted by atomic mass is 35.5. The zero-order valence-electron chi connectivity index (χ0n) is 16.8. The van der Waals surface area contributed by atoms with Gasteiger partial charge in [0.15, 0.2) is 5.78 Å². The Bertz CT molecular complexity index is 1110. The van der Waals surface area contributed by atoms with Crippen LogP contribution in [-0.4, -0.2) is 28.1 Å². The lowest BCUT2D eigenvalue weighted by Crippen LogP contribution is -2.28. The molecule has 2 aromatic carbocycles. The number of aryl methyl sites for hydroxylation is 1. The van der Waals surface area contributed by atoms with Crippen molar-refractivity contribution < 1.29 is 14.3 Å². The molecule has 1 unspecified atom stereocenters. The third-order valence-electron chi connectivity index (χ3n) is 5.08. The molecule has 3 aromatic rings. The van der Waals surface area contributed by atoms with Crippen LogP contribution in [0.4, 0.5) is 5.82 Å². The minimum atomic E-state index is -0.593. The third-order valence-corrected chi connectivity index (χ3v) is 5.32. The van der Waals surface area contributed by atoms with E-state index in [1.165, 1.54) is 0 Å². The average Bonchev–Trinajstić information content (AvgIpc) is 3.08. The first-order valence-electron chi connectivity index (χ1n) is 9.90. The molecule has 0 bridgehead atoms. The summed E-state index contributed by atoms with van der Waals surface area (Å²) in [6, 6.07) is 14.3. The molecule has 6 nitrogen and oxygen atoms in total. The molecular weight excluding hydrogens is 402 g/mol. The number of hydrogen-bond donors (Lipinski definition) is 1. The predicted molar refractivity (Wildman–Crippen MR) is 116 cm³/mol. The highest BCUT2D eigenvalue weighted by Crippen LogP contribution is 2.38. The van der Waals surface area contributed by atoms with Gasteiger partial charge in [-0.25, -0.2) is 4.68 Å². The molecule has 1 aliphatic heterocycles. The van der Waals surface area contributed by atoms with E-state index in [0.717, 1.165) is 23.4 Å². The van der Waals surface area contributed by atoms with Gasteiger partial charge in [-0.3, -0.25) is 9.59 Å². The molecule has 1 N–H and O–H groups in total. The quantitative estimate of drug-likeness (QED) is 0.570. The minimum Gasteiger partial charge on any atom is -0.494 e. The van der Waals surface area contributed by atoms with Gasteiger partial charge in [0, 0.05) is 22.6 Å². The number of rotatable bonds is 6.